The van der Waals surface area contributed by atoms with E-state index in [0.29, 0.717) is 37.6 Å². The number of carbonyl (C=O) groups excluding carboxylic acids is 2. The highest BCUT2D eigenvalue weighted by Gasteiger charge is 2.64. The maximum absolute atomic E-state index is 13.9. The third kappa shape index (κ3) is 3.69. The largest absolute Gasteiger partial charge is 0.496 e. The minimum absolute atomic E-state index is 0.184. The second kappa shape index (κ2) is 8.85. The summed E-state index contributed by atoms with van der Waals surface area (Å²) in [7, 11) is 1.67. The van der Waals surface area contributed by atoms with Gasteiger partial charge in [-0.2, -0.15) is 0 Å². The molecule has 7 nitrogen and oxygen atoms in total. The van der Waals surface area contributed by atoms with Crippen molar-refractivity contribution in [2.75, 3.05) is 26.7 Å². The number of fused-ring (bicyclic) bond motifs is 3. The lowest BCUT2D eigenvalue weighted by atomic mass is 9.82. The number of benzene rings is 3. The lowest BCUT2D eigenvalue weighted by molar-refractivity contribution is -0.181. The van der Waals surface area contributed by atoms with E-state index in [2.05, 4.69) is 23.1 Å². The fourth-order valence-electron chi connectivity index (χ4n) is 6.16. The number of hydrogen-bond acceptors (Lipinski definition) is 6. The second-order valence-electron chi connectivity index (χ2n) is 10.1. The topological polar surface area (TPSA) is 73.3 Å². The van der Waals surface area contributed by atoms with E-state index in [0.717, 1.165) is 27.6 Å². The highest BCUT2D eigenvalue weighted by Crippen LogP contribution is 2.42. The quantitative estimate of drug-likeness (QED) is 0.537. The zero-order chi connectivity index (χ0) is 25.0. The van der Waals surface area contributed by atoms with Crippen LogP contribution in [0.5, 0.6) is 5.75 Å². The van der Waals surface area contributed by atoms with E-state index in [1.165, 1.54) is 4.90 Å². The number of amides is 2. The SMILES string of the molecule is COc1ccc(CN2CC3(C2)C(=O)N(Cc2cccc(Cl)c2)C(=O)C2CC(O)CN23)c2ccccc12. The maximum atomic E-state index is 13.9. The molecule has 2 unspecified atom stereocenters. The van der Waals surface area contributed by atoms with Crippen LogP contribution in [-0.4, -0.2) is 76.0 Å². The van der Waals surface area contributed by atoms with Crippen molar-refractivity contribution in [3.8, 4) is 5.75 Å². The zero-order valence-electron chi connectivity index (χ0n) is 20.1. The Morgan fingerprint density at radius 3 is 2.56 bits per heavy atom. The van der Waals surface area contributed by atoms with E-state index in [1.807, 2.05) is 35.2 Å². The van der Waals surface area contributed by atoms with Crippen molar-refractivity contribution in [1.82, 2.24) is 14.7 Å². The van der Waals surface area contributed by atoms with E-state index in [1.54, 1.807) is 19.2 Å². The molecule has 3 fully saturated rings. The van der Waals surface area contributed by atoms with Gasteiger partial charge in [-0.3, -0.25) is 24.3 Å². The van der Waals surface area contributed by atoms with Crippen molar-refractivity contribution in [2.24, 2.45) is 0 Å². The molecule has 36 heavy (non-hydrogen) atoms. The lowest BCUT2D eigenvalue weighted by Crippen LogP contribution is -2.81. The van der Waals surface area contributed by atoms with Crippen molar-refractivity contribution in [3.63, 3.8) is 0 Å². The Labute approximate surface area is 214 Å². The molecule has 2 atom stereocenters. The number of imide groups is 1. The van der Waals surface area contributed by atoms with Crippen molar-refractivity contribution >= 4 is 34.2 Å². The van der Waals surface area contributed by atoms with Crippen LogP contribution >= 0.6 is 11.6 Å². The van der Waals surface area contributed by atoms with E-state index in [-0.39, 0.29) is 18.4 Å². The Kier molecular flexibility index (Phi) is 5.76. The number of nitrogens with zero attached hydrogens (tertiary/aromatic N) is 3. The summed E-state index contributed by atoms with van der Waals surface area (Å²) in [6, 6.07) is 19.0. The van der Waals surface area contributed by atoms with Crippen LogP contribution in [0.15, 0.2) is 60.7 Å². The van der Waals surface area contributed by atoms with Gasteiger partial charge in [0.1, 0.15) is 11.3 Å². The molecule has 186 valence electrons. The summed E-state index contributed by atoms with van der Waals surface area (Å²) in [6.45, 7) is 2.22. The van der Waals surface area contributed by atoms with Gasteiger partial charge in [0.15, 0.2) is 0 Å². The van der Waals surface area contributed by atoms with Crippen LogP contribution in [0.2, 0.25) is 5.02 Å². The minimum Gasteiger partial charge on any atom is -0.496 e. The van der Waals surface area contributed by atoms with Gasteiger partial charge in [0.05, 0.1) is 25.8 Å². The molecule has 0 aliphatic carbocycles. The zero-order valence-corrected chi connectivity index (χ0v) is 20.8. The molecule has 6 rings (SSSR count). The molecule has 8 heteroatoms. The van der Waals surface area contributed by atoms with E-state index in [9.17, 15) is 14.7 Å². The molecule has 0 aromatic heterocycles. The fourth-order valence-corrected chi connectivity index (χ4v) is 6.37. The normalized spacial score (nSPS) is 23.8. The summed E-state index contributed by atoms with van der Waals surface area (Å²) in [4.78, 5) is 32.8. The summed E-state index contributed by atoms with van der Waals surface area (Å²) < 4.78 is 5.53. The van der Waals surface area contributed by atoms with Crippen molar-refractivity contribution in [2.45, 2.75) is 37.2 Å². The third-order valence-electron chi connectivity index (χ3n) is 7.81. The van der Waals surface area contributed by atoms with E-state index in [4.69, 9.17) is 16.3 Å². The van der Waals surface area contributed by atoms with Crippen molar-refractivity contribution in [1.29, 1.82) is 0 Å². The second-order valence-corrected chi connectivity index (χ2v) is 10.5. The molecule has 0 bridgehead atoms. The predicted molar refractivity (Wildman–Crippen MR) is 137 cm³/mol. The van der Waals surface area contributed by atoms with Crippen LogP contribution in [-0.2, 0) is 22.7 Å². The number of halogens is 1. The van der Waals surface area contributed by atoms with Crippen LogP contribution in [0.25, 0.3) is 10.8 Å². The Morgan fingerprint density at radius 1 is 1.03 bits per heavy atom. The smallest absolute Gasteiger partial charge is 0.252 e. The number of carbonyl (C=O) groups is 2. The monoisotopic (exact) mass is 505 g/mol. The van der Waals surface area contributed by atoms with E-state index < -0.39 is 17.7 Å². The summed E-state index contributed by atoms with van der Waals surface area (Å²) in [5, 5.41) is 13.2. The van der Waals surface area contributed by atoms with Crippen LogP contribution < -0.4 is 4.74 Å². The summed E-state index contributed by atoms with van der Waals surface area (Å²) in [6.07, 6.45) is -0.266. The number of methoxy groups -OCH3 is 1. The molecule has 1 N–H and O–H groups in total. The first-order valence-electron chi connectivity index (χ1n) is 12.2. The predicted octanol–water partition coefficient (Wildman–Crippen LogP) is 3.06. The number of aliphatic hydroxyl groups excluding tert-OH is 1. The third-order valence-corrected chi connectivity index (χ3v) is 8.05. The number of ether oxygens (including phenoxy) is 1. The summed E-state index contributed by atoms with van der Waals surface area (Å²) >= 11 is 6.15. The average Bonchev–Trinajstić information content (AvgIpc) is 3.25. The number of β-amino-alcohol motifs (C(OH)–C–C–N with tert-alkyl or cyclic N) is 1. The van der Waals surface area contributed by atoms with Gasteiger partial charge in [-0.15, -0.1) is 0 Å². The molecule has 3 aromatic carbocycles. The number of hydrogen-bond donors (Lipinski definition) is 1. The number of aliphatic hydroxyl groups is 1. The van der Waals surface area contributed by atoms with Crippen LogP contribution in [0, 0.1) is 0 Å². The van der Waals surface area contributed by atoms with Crippen molar-refractivity contribution in [3.05, 3.63) is 76.8 Å². The van der Waals surface area contributed by atoms with Gasteiger partial charge >= 0.3 is 0 Å². The first-order valence-corrected chi connectivity index (χ1v) is 12.6. The van der Waals surface area contributed by atoms with Gasteiger partial charge < -0.3 is 9.84 Å². The fraction of sp³-hybridized carbons (Fsp3) is 0.357. The molecule has 3 aromatic rings. The van der Waals surface area contributed by atoms with Gasteiger partial charge in [0.2, 0.25) is 5.91 Å². The summed E-state index contributed by atoms with van der Waals surface area (Å²) in [5.74, 6) is 0.413. The number of likely N-dealkylation sites (tertiary alicyclic amines) is 1. The lowest BCUT2D eigenvalue weighted by Gasteiger charge is -2.58. The highest BCUT2D eigenvalue weighted by molar-refractivity contribution is 6.30. The summed E-state index contributed by atoms with van der Waals surface area (Å²) in [5.41, 5.74) is 1.17. The van der Waals surface area contributed by atoms with Gasteiger partial charge in [-0.05, 0) is 41.1 Å². The Bertz CT molecular complexity index is 1360. The van der Waals surface area contributed by atoms with Gasteiger partial charge in [0.25, 0.3) is 5.91 Å². The first-order chi connectivity index (χ1) is 17.4. The standard InChI is InChI=1S/C28H28ClN3O4/c1-36-25-10-9-19(22-7-2-3-8-23(22)25)14-30-16-28(17-30)27(35)31(13-18-5-4-6-20(29)11-18)26(34)24-12-21(33)15-32(24)28/h2-11,21,24,33H,12-17H2,1H3. The molecule has 1 spiro atoms. The van der Waals surface area contributed by atoms with E-state index >= 15 is 0 Å². The number of rotatable bonds is 5. The Morgan fingerprint density at radius 2 is 1.81 bits per heavy atom. The first kappa shape index (κ1) is 23.4. The van der Waals surface area contributed by atoms with Crippen LogP contribution in [0.3, 0.4) is 0 Å². The molecular formula is C28H28ClN3O4. The molecule has 2 amide bonds. The van der Waals surface area contributed by atoms with Gasteiger partial charge in [0, 0.05) is 36.6 Å². The highest BCUT2D eigenvalue weighted by atomic mass is 35.5. The molecule has 3 aliphatic heterocycles. The molecular weight excluding hydrogens is 478 g/mol. The van der Waals surface area contributed by atoms with Crippen molar-refractivity contribution < 1.29 is 19.4 Å². The van der Waals surface area contributed by atoms with Crippen LogP contribution in [0.4, 0.5) is 0 Å². The van der Waals surface area contributed by atoms with Gasteiger partial charge in [-0.25, -0.2) is 0 Å². The molecule has 0 saturated carbocycles. The average molecular weight is 506 g/mol. The minimum atomic E-state index is -0.809. The van der Waals surface area contributed by atoms with Gasteiger partial charge in [-0.1, -0.05) is 54.1 Å². The number of piperazine rings is 1. The molecule has 3 heterocycles. The Hall–Kier alpha value is -2.97. The Balaban J connectivity index is 1.27. The molecule has 3 saturated heterocycles. The maximum Gasteiger partial charge on any atom is 0.252 e. The molecule has 3 aliphatic rings. The van der Waals surface area contributed by atoms with Crippen LogP contribution in [0.1, 0.15) is 17.5 Å². The molecule has 0 radical (unpaired) electrons.